The van der Waals surface area contributed by atoms with Crippen molar-refractivity contribution in [1.29, 1.82) is 0 Å². The Balaban J connectivity index is 1.86. The molecule has 0 radical (unpaired) electrons. The van der Waals surface area contributed by atoms with E-state index in [0.29, 0.717) is 23.6 Å². The summed E-state index contributed by atoms with van der Waals surface area (Å²) >= 11 is 3.18. The summed E-state index contributed by atoms with van der Waals surface area (Å²) in [5, 5.41) is 2.63. The lowest BCUT2D eigenvalue weighted by Crippen LogP contribution is -2.12. The van der Waals surface area contributed by atoms with E-state index in [2.05, 4.69) is 9.97 Å². The van der Waals surface area contributed by atoms with Crippen LogP contribution in [0.1, 0.15) is 24.9 Å². The number of thiophene rings is 1. The van der Waals surface area contributed by atoms with Crippen molar-refractivity contribution in [2.24, 2.45) is 0 Å². The van der Waals surface area contributed by atoms with Crippen molar-refractivity contribution in [2.45, 2.75) is 19.1 Å². The van der Waals surface area contributed by atoms with Gasteiger partial charge >= 0.3 is 0 Å². The summed E-state index contributed by atoms with van der Waals surface area (Å²) in [6.45, 7) is 5.45. The highest BCUT2D eigenvalue weighted by Gasteiger charge is 2.17. The first-order valence-corrected chi connectivity index (χ1v) is 9.38. The molecule has 0 aromatic carbocycles. The number of hydrogen-bond donors (Lipinski definition) is 1. The fourth-order valence-corrected chi connectivity index (χ4v) is 4.05. The van der Waals surface area contributed by atoms with Crippen LogP contribution in [0.4, 0.5) is 0 Å². The lowest BCUT2D eigenvalue weighted by Gasteiger charge is -2.10. The number of aromatic nitrogens is 2. The Morgan fingerprint density at radius 2 is 2.39 bits per heavy atom. The Morgan fingerprint density at radius 1 is 1.52 bits per heavy atom. The molecule has 1 atom stereocenters. The quantitative estimate of drug-likeness (QED) is 0.650. The zero-order chi connectivity index (χ0) is 16.2. The van der Waals surface area contributed by atoms with E-state index in [4.69, 9.17) is 9.15 Å². The molecule has 0 unspecified atom stereocenters. The van der Waals surface area contributed by atoms with E-state index in [0.717, 1.165) is 22.8 Å². The van der Waals surface area contributed by atoms with E-state index >= 15 is 0 Å². The van der Waals surface area contributed by atoms with Gasteiger partial charge in [0.25, 0.3) is 5.56 Å². The number of thioether (sulfide) groups is 1. The molecule has 23 heavy (non-hydrogen) atoms. The lowest BCUT2D eigenvalue weighted by molar-refractivity contribution is 0.164. The van der Waals surface area contributed by atoms with Gasteiger partial charge in [0.2, 0.25) is 0 Å². The van der Waals surface area contributed by atoms with Crippen LogP contribution in [0.2, 0.25) is 0 Å². The molecule has 0 aliphatic rings. The maximum Gasteiger partial charge on any atom is 0.260 e. The molecule has 0 aliphatic carbocycles. The minimum absolute atomic E-state index is 0.113. The second-order valence-electron chi connectivity index (χ2n) is 4.97. The fourth-order valence-electron chi connectivity index (χ4n) is 2.28. The third-order valence-corrected chi connectivity index (χ3v) is 5.43. The van der Waals surface area contributed by atoms with Gasteiger partial charge in [0.15, 0.2) is 0 Å². The molecule has 7 heteroatoms. The Bertz CT molecular complexity index is 824. The minimum atomic E-state index is -0.116. The van der Waals surface area contributed by atoms with Gasteiger partial charge in [0, 0.05) is 23.3 Å². The van der Waals surface area contributed by atoms with Gasteiger partial charge in [-0.3, -0.25) is 4.79 Å². The average molecular weight is 350 g/mol. The molecule has 122 valence electrons. The first kappa shape index (κ1) is 16.3. The van der Waals surface area contributed by atoms with Crippen LogP contribution in [0.15, 0.2) is 33.0 Å². The summed E-state index contributed by atoms with van der Waals surface area (Å²) in [7, 11) is 0. The van der Waals surface area contributed by atoms with Crippen LogP contribution in [-0.2, 0) is 4.74 Å². The van der Waals surface area contributed by atoms with Crippen molar-refractivity contribution in [2.75, 3.05) is 19.0 Å². The fraction of sp³-hybridized carbons (Fsp3) is 0.375. The van der Waals surface area contributed by atoms with Crippen molar-refractivity contribution in [3.05, 3.63) is 40.0 Å². The summed E-state index contributed by atoms with van der Waals surface area (Å²) in [5.41, 5.74) is 0.682. The van der Waals surface area contributed by atoms with E-state index in [1.54, 1.807) is 18.0 Å². The van der Waals surface area contributed by atoms with Gasteiger partial charge in [-0.15, -0.1) is 23.1 Å². The molecule has 3 aromatic rings. The molecule has 3 rings (SSSR count). The molecule has 0 spiro atoms. The molecule has 0 saturated carbocycles. The number of furan rings is 1. The van der Waals surface area contributed by atoms with Crippen LogP contribution in [0.3, 0.4) is 0 Å². The minimum Gasteiger partial charge on any atom is -0.464 e. The number of nitrogens with zero attached hydrogens (tertiary/aromatic N) is 1. The van der Waals surface area contributed by atoms with Gasteiger partial charge in [0.05, 0.1) is 23.5 Å². The van der Waals surface area contributed by atoms with Gasteiger partial charge in [-0.1, -0.05) is 0 Å². The largest absolute Gasteiger partial charge is 0.464 e. The van der Waals surface area contributed by atoms with Gasteiger partial charge < -0.3 is 14.1 Å². The zero-order valence-corrected chi connectivity index (χ0v) is 14.6. The number of fused-ring (bicyclic) bond motifs is 1. The Morgan fingerprint density at radius 3 is 3.13 bits per heavy atom. The number of rotatable bonds is 7. The van der Waals surface area contributed by atoms with Gasteiger partial charge in [0.1, 0.15) is 16.4 Å². The highest BCUT2D eigenvalue weighted by molar-refractivity contribution is 7.99. The summed E-state index contributed by atoms with van der Waals surface area (Å²) < 4.78 is 10.7. The van der Waals surface area contributed by atoms with Crippen molar-refractivity contribution >= 4 is 33.3 Å². The maximum atomic E-state index is 12.5. The molecule has 1 N–H and O–H groups in total. The summed E-state index contributed by atoms with van der Waals surface area (Å²) in [6, 6.07) is 3.66. The molecule has 0 fully saturated rings. The van der Waals surface area contributed by atoms with Gasteiger partial charge in [-0.05, 0) is 26.0 Å². The number of H-pyrrole nitrogens is 1. The SMILES string of the molecule is CCOCCS[C@@H](C)c1nc2scc(-c3ccco3)c2c(=O)[nH]1. The predicted molar refractivity (Wildman–Crippen MR) is 95.3 cm³/mol. The number of ether oxygens (including phenoxy) is 1. The molecular formula is C16H18N2O3S2. The monoisotopic (exact) mass is 350 g/mol. The van der Waals surface area contributed by atoms with E-state index in [-0.39, 0.29) is 10.8 Å². The topological polar surface area (TPSA) is 68.1 Å². The zero-order valence-electron chi connectivity index (χ0n) is 13.0. The Kier molecular flexibility index (Phi) is 5.20. The van der Waals surface area contributed by atoms with Crippen molar-refractivity contribution in [1.82, 2.24) is 9.97 Å². The van der Waals surface area contributed by atoms with Crippen LogP contribution in [0.5, 0.6) is 0 Å². The van der Waals surface area contributed by atoms with Gasteiger partial charge in [-0.25, -0.2) is 4.98 Å². The van der Waals surface area contributed by atoms with Crippen LogP contribution in [0.25, 0.3) is 21.5 Å². The second-order valence-corrected chi connectivity index (χ2v) is 7.27. The van der Waals surface area contributed by atoms with Crippen LogP contribution >= 0.6 is 23.1 Å². The molecule has 0 aliphatic heterocycles. The van der Waals surface area contributed by atoms with E-state index in [1.165, 1.54) is 11.3 Å². The van der Waals surface area contributed by atoms with E-state index in [9.17, 15) is 4.79 Å². The molecule has 0 amide bonds. The van der Waals surface area contributed by atoms with Crippen LogP contribution in [0, 0.1) is 0 Å². The predicted octanol–water partition coefficient (Wildman–Crippen LogP) is 4.08. The normalized spacial score (nSPS) is 12.8. The van der Waals surface area contributed by atoms with Crippen LogP contribution < -0.4 is 5.56 Å². The molecule has 0 saturated heterocycles. The molecule has 5 nitrogen and oxygen atoms in total. The number of hydrogen-bond acceptors (Lipinski definition) is 6. The standard InChI is InChI=1S/C16H18N2O3S2/c1-3-20-7-8-22-10(2)14-17-15(19)13-11(9-23-16(13)18-14)12-5-4-6-21-12/h4-6,9-10H,3,7-8H2,1-2H3,(H,17,18,19)/t10-/m0/s1. The van der Waals surface area contributed by atoms with Crippen LogP contribution in [-0.4, -0.2) is 28.9 Å². The first-order chi connectivity index (χ1) is 11.2. The van der Waals surface area contributed by atoms with Crippen molar-refractivity contribution < 1.29 is 9.15 Å². The Hall–Kier alpha value is -1.57. The molecular weight excluding hydrogens is 332 g/mol. The first-order valence-electron chi connectivity index (χ1n) is 7.45. The number of nitrogens with one attached hydrogen (secondary N) is 1. The highest BCUT2D eigenvalue weighted by atomic mass is 32.2. The molecule has 3 heterocycles. The highest BCUT2D eigenvalue weighted by Crippen LogP contribution is 2.32. The second kappa shape index (κ2) is 7.33. The summed E-state index contributed by atoms with van der Waals surface area (Å²) in [6.07, 6.45) is 1.60. The molecule has 3 aromatic heterocycles. The van der Waals surface area contributed by atoms with Gasteiger partial charge in [-0.2, -0.15) is 0 Å². The number of aromatic amines is 1. The third kappa shape index (κ3) is 3.52. The van der Waals surface area contributed by atoms with Crippen molar-refractivity contribution in [3.63, 3.8) is 0 Å². The average Bonchev–Trinajstić information content (AvgIpc) is 3.19. The molecule has 0 bridgehead atoms. The van der Waals surface area contributed by atoms with Crippen molar-refractivity contribution in [3.8, 4) is 11.3 Å². The Labute approximate surface area is 142 Å². The smallest absolute Gasteiger partial charge is 0.260 e. The lowest BCUT2D eigenvalue weighted by atomic mass is 10.2. The summed E-state index contributed by atoms with van der Waals surface area (Å²) in [5.74, 6) is 2.27. The summed E-state index contributed by atoms with van der Waals surface area (Å²) in [4.78, 5) is 20.8. The maximum absolute atomic E-state index is 12.5. The van der Waals surface area contributed by atoms with E-state index in [1.807, 2.05) is 31.4 Å². The van der Waals surface area contributed by atoms with E-state index < -0.39 is 0 Å². The third-order valence-electron chi connectivity index (χ3n) is 3.43.